The van der Waals surface area contributed by atoms with Gasteiger partial charge >= 0.3 is 0 Å². The molecule has 5 nitrogen and oxygen atoms in total. The van der Waals surface area contributed by atoms with Gasteiger partial charge in [-0.2, -0.15) is 5.10 Å². The van der Waals surface area contributed by atoms with E-state index >= 15 is 0 Å². The van der Waals surface area contributed by atoms with Crippen molar-refractivity contribution in [3.63, 3.8) is 0 Å². The predicted octanol–water partition coefficient (Wildman–Crippen LogP) is 3.28. The third-order valence-corrected chi connectivity index (χ3v) is 3.13. The minimum absolute atomic E-state index is 0.241. The van der Waals surface area contributed by atoms with Crippen molar-refractivity contribution in [3.8, 4) is 11.5 Å². The van der Waals surface area contributed by atoms with Crippen LogP contribution in [0.2, 0.25) is 0 Å². The summed E-state index contributed by atoms with van der Waals surface area (Å²) < 4.78 is 13.5. The van der Waals surface area contributed by atoms with Gasteiger partial charge in [-0.05, 0) is 31.3 Å². The third-order valence-electron chi connectivity index (χ3n) is 2.82. The average molecular weight is 291 g/mol. The van der Waals surface area contributed by atoms with Crippen molar-refractivity contribution in [3.05, 3.63) is 47.5 Å². The number of aromatic amines is 1. The summed E-state index contributed by atoms with van der Waals surface area (Å²) in [7, 11) is 1.62. The number of allylic oxidation sites excluding steroid dienone is 1. The molecule has 2 aromatic rings. The molecule has 0 radical (unpaired) electrons. The lowest BCUT2D eigenvalue weighted by Gasteiger charge is -2.15. The number of H-pyrrole nitrogens is 1. The Labute approximate surface area is 122 Å². The van der Waals surface area contributed by atoms with E-state index in [1.165, 1.54) is 0 Å². The molecule has 0 saturated heterocycles. The first-order chi connectivity index (χ1) is 9.65. The van der Waals surface area contributed by atoms with Crippen LogP contribution in [0.4, 0.5) is 0 Å². The van der Waals surface area contributed by atoms with Crippen molar-refractivity contribution < 1.29 is 9.47 Å². The Kier molecular flexibility index (Phi) is 4.57. The van der Waals surface area contributed by atoms with Crippen LogP contribution in [0, 0.1) is 4.77 Å². The Morgan fingerprint density at radius 1 is 1.50 bits per heavy atom. The lowest BCUT2D eigenvalue weighted by Crippen LogP contribution is -2.11. The van der Waals surface area contributed by atoms with Crippen LogP contribution in [0.5, 0.6) is 11.5 Å². The second-order valence-corrected chi connectivity index (χ2v) is 4.61. The number of methoxy groups -OCH3 is 1. The summed E-state index contributed by atoms with van der Waals surface area (Å²) in [5.74, 6) is 2.20. The standard InChI is InChI=1S/C14H17N3O2S/c1-4-8-17-13(15-16-14(17)20)10(2)19-12-7-5-6-11(9-12)18-3/h4-7,9-10H,1,8H2,2-3H3,(H,16,20). The van der Waals surface area contributed by atoms with Gasteiger partial charge in [-0.15, -0.1) is 6.58 Å². The number of hydrogen-bond acceptors (Lipinski definition) is 4. The maximum absolute atomic E-state index is 5.88. The van der Waals surface area contributed by atoms with Gasteiger partial charge in [0, 0.05) is 12.6 Å². The monoisotopic (exact) mass is 291 g/mol. The first kappa shape index (κ1) is 14.3. The summed E-state index contributed by atoms with van der Waals surface area (Å²) in [6.45, 7) is 6.23. The van der Waals surface area contributed by atoms with Crippen molar-refractivity contribution in [1.29, 1.82) is 0 Å². The van der Waals surface area contributed by atoms with E-state index in [1.807, 2.05) is 35.8 Å². The lowest BCUT2D eigenvalue weighted by molar-refractivity contribution is 0.210. The van der Waals surface area contributed by atoms with Crippen molar-refractivity contribution in [2.75, 3.05) is 7.11 Å². The molecule has 1 unspecified atom stereocenters. The Morgan fingerprint density at radius 3 is 2.95 bits per heavy atom. The molecule has 0 amide bonds. The van der Waals surface area contributed by atoms with Crippen LogP contribution in [-0.4, -0.2) is 21.9 Å². The van der Waals surface area contributed by atoms with Crippen molar-refractivity contribution in [2.24, 2.45) is 0 Å². The Hall–Kier alpha value is -2.08. The van der Waals surface area contributed by atoms with E-state index in [2.05, 4.69) is 16.8 Å². The molecule has 0 bridgehead atoms. The second kappa shape index (κ2) is 6.38. The molecule has 2 rings (SSSR count). The summed E-state index contributed by atoms with van der Waals surface area (Å²) in [5, 5.41) is 6.99. The van der Waals surface area contributed by atoms with E-state index in [1.54, 1.807) is 13.2 Å². The lowest BCUT2D eigenvalue weighted by atomic mass is 10.3. The highest BCUT2D eigenvalue weighted by atomic mass is 32.1. The molecule has 0 saturated carbocycles. The molecule has 0 spiro atoms. The molecule has 0 fully saturated rings. The fraction of sp³-hybridized carbons (Fsp3) is 0.286. The molecule has 0 aliphatic carbocycles. The molecule has 20 heavy (non-hydrogen) atoms. The molecule has 0 aliphatic rings. The summed E-state index contributed by atoms with van der Waals surface area (Å²) >= 11 is 5.18. The fourth-order valence-corrected chi connectivity index (χ4v) is 2.09. The Balaban J connectivity index is 2.21. The summed E-state index contributed by atoms with van der Waals surface area (Å²) in [4.78, 5) is 0. The second-order valence-electron chi connectivity index (χ2n) is 4.23. The van der Waals surface area contributed by atoms with Crippen LogP contribution >= 0.6 is 12.2 Å². The largest absolute Gasteiger partial charge is 0.497 e. The van der Waals surface area contributed by atoms with Gasteiger partial charge in [0.2, 0.25) is 0 Å². The highest BCUT2D eigenvalue weighted by molar-refractivity contribution is 7.71. The van der Waals surface area contributed by atoms with E-state index in [0.717, 1.165) is 17.3 Å². The molecule has 1 atom stereocenters. The van der Waals surface area contributed by atoms with Crippen LogP contribution in [0.1, 0.15) is 18.9 Å². The van der Waals surface area contributed by atoms with Gasteiger partial charge in [-0.3, -0.25) is 9.67 Å². The summed E-state index contributed by atoms with van der Waals surface area (Å²) in [5.41, 5.74) is 0. The molecule has 1 N–H and O–H groups in total. The normalized spacial score (nSPS) is 11.9. The van der Waals surface area contributed by atoms with Gasteiger partial charge in [-0.25, -0.2) is 0 Å². The molecule has 1 heterocycles. The topological polar surface area (TPSA) is 52.1 Å². The minimum Gasteiger partial charge on any atom is -0.497 e. The number of nitrogens with zero attached hydrogens (tertiary/aromatic N) is 2. The minimum atomic E-state index is -0.241. The quantitative estimate of drug-likeness (QED) is 0.655. The number of ether oxygens (including phenoxy) is 2. The van der Waals surface area contributed by atoms with Gasteiger partial charge in [0.05, 0.1) is 7.11 Å². The van der Waals surface area contributed by atoms with Crippen LogP contribution in [0.25, 0.3) is 0 Å². The smallest absolute Gasteiger partial charge is 0.195 e. The number of nitrogens with one attached hydrogen (secondary N) is 1. The SMILES string of the molecule is C=CCn1c(C(C)Oc2cccc(OC)c2)n[nH]c1=S. The van der Waals surface area contributed by atoms with E-state index in [-0.39, 0.29) is 6.10 Å². The first-order valence-corrected chi connectivity index (χ1v) is 6.63. The Bertz CT molecular complexity index is 648. The van der Waals surface area contributed by atoms with E-state index in [0.29, 0.717) is 11.3 Å². The number of benzene rings is 1. The molecular formula is C14H17N3O2S. The van der Waals surface area contributed by atoms with Crippen LogP contribution in [-0.2, 0) is 6.54 Å². The van der Waals surface area contributed by atoms with Crippen molar-refractivity contribution in [2.45, 2.75) is 19.6 Å². The zero-order valence-electron chi connectivity index (χ0n) is 11.5. The molecule has 1 aromatic heterocycles. The van der Waals surface area contributed by atoms with Crippen LogP contribution < -0.4 is 9.47 Å². The highest BCUT2D eigenvalue weighted by Gasteiger charge is 2.15. The fourth-order valence-electron chi connectivity index (χ4n) is 1.88. The van der Waals surface area contributed by atoms with Gasteiger partial charge in [0.25, 0.3) is 0 Å². The number of aromatic nitrogens is 3. The third kappa shape index (κ3) is 3.08. The maximum atomic E-state index is 5.88. The predicted molar refractivity (Wildman–Crippen MR) is 79.6 cm³/mol. The van der Waals surface area contributed by atoms with Crippen LogP contribution in [0.15, 0.2) is 36.9 Å². The summed E-state index contributed by atoms with van der Waals surface area (Å²) in [6, 6.07) is 7.45. The van der Waals surface area contributed by atoms with Gasteiger partial charge in [0.15, 0.2) is 16.7 Å². The van der Waals surface area contributed by atoms with Gasteiger partial charge in [0.1, 0.15) is 11.5 Å². The zero-order chi connectivity index (χ0) is 14.5. The maximum Gasteiger partial charge on any atom is 0.195 e. The number of rotatable bonds is 6. The molecule has 106 valence electrons. The zero-order valence-corrected chi connectivity index (χ0v) is 12.3. The number of hydrogen-bond donors (Lipinski definition) is 1. The van der Waals surface area contributed by atoms with E-state index < -0.39 is 0 Å². The first-order valence-electron chi connectivity index (χ1n) is 6.22. The van der Waals surface area contributed by atoms with Gasteiger partial charge < -0.3 is 9.47 Å². The van der Waals surface area contributed by atoms with Crippen LogP contribution in [0.3, 0.4) is 0 Å². The molecular weight excluding hydrogens is 274 g/mol. The summed E-state index contributed by atoms with van der Waals surface area (Å²) in [6.07, 6.45) is 1.53. The Morgan fingerprint density at radius 2 is 2.25 bits per heavy atom. The molecule has 0 aliphatic heterocycles. The van der Waals surface area contributed by atoms with Crippen molar-refractivity contribution in [1.82, 2.24) is 14.8 Å². The average Bonchev–Trinajstić information content (AvgIpc) is 2.81. The molecule has 6 heteroatoms. The molecule has 1 aromatic carbocycles. The van der Waals surface area contributed by atoms with E-state index in [9.17, 15) is 0 Å². The van der Waals surface area contributed by atoms with E-state index in [4.69, 9.17) is 21.7 Å². The van der Waals surface area contributed by atoms with Gasteiger partial charge in [-0.1, -0.05) is 12.1 Å². The highest BCUT2D eigenvalue weighted by Crippen LogP contribution is 2.24. The van der Waals surface area contributed by atoms with Crippen molar-refractivity contribution >= 4 is 12.2 Å².